The molecule has 0 bridgehead atoms. The maximum atomic E-state index is 10.1. The van der Waals surface area contributed by atoms with Gasteiger partial charge in [0.2, 0.25) is 5.91 Å². The molecule has 1 N–H and O–H groups in total. The van der Waals surface area contributed by atoms with Crippen molar-refractivity contribution in [3.63, 3.8) is 0 Å². The van der Waals surface area contributed by atoms with Crippen molar-refractivity contribution in [2.45, 2.75) is 6.92 Å². The Morgan fingerprint density at radius 3 is 2.75 bits per heavy atom. The molecule has 0 saturated carbocycles. The Morgan fingerprint density at radius 2 is 2.38 bits per heavy atom. The second-order valence-corrected chi connectivity index (χ2v) is 1.98. The lowest BCUT2D eigenvalue weighted by Gasteiger charge is -1.86. The first-order chi connectivity index (χ1) is 3.77. The van der Waals surface area contributed by atoms with Crippen molar-refractivity contribution in [1.82, 2.24) is 5.32 Å². The van der Waals surface area contributed by atoms with Gasteiger partial charge < -0.3 is 5.32 Å². The Labute approximate surface area is 53.3 Å². The maximum absolute atomic E-state index is 10.1. The van der Waals surface area contributed by atoms with E-state index in [0.29, 0.717) is 0 Å². The van der Waals surface area contributed by atoms with Crippen LogP contribution in [0.5, 0.6) is 0 Å². The molecule has 0 aliphatic carbocycles. The van der Waals surface area contributed by atoms with Crippen LogP contribution in [-0.4, -0.2) is 12.2 Å². The number of carbonyl (C=O) groups is 1. The number of hydrogen-bond acceptors (Lipinski definition) is 2. The predicted octanol–water partition coefficient (Wildman–Crippen LogP) is 0.957. The molecule has 0 spiro atoms. The van der Waals surface area contributed by atoms with Crippen molar-refractivity contribution in [2.75, 3.05) is 6.26 Å². The summed E-state index contributed by atoms with van der Waals surface area (Å²) in [5, 5.41) is 4.31. The molecule has 0 aliphatic heterocycles. The van der Waals surface area contributed by atoms with Crippen LogP contribution >= 0.6 is 11.8 Å². The Bertz CT molecular complexity index is 101. The standard InChI is InChI=1S/C5H9NOS/c1-5(7)6-3-4-8-2/h3-4H,1-2H3,(H,6,7). The monoisotopic (exact) mass is 131 g/mol. The molecular formula is C5H9NOS. The van der Waals surface area contributed by atoms with Crippen molar-refractivity contribution in [3.05, 3.63) is 11.6 Å². The fourth-order valence-corrected chi connectivity index (χ4v) is 0.424. The van der Waals surface area contributed by atoms with Crippen LogP contribution in [0.3, 0.4) is 0 Å². The number of hydrogen-bond donors (Lipinski definition) is 1. The lowest BCUT2D eigenvalue weighted by molar-refractivity contribution is -0.118. The molecule has 0 aromatic rings. The summed E-state index contributed by atoms with van der Waals surface area (Å²) in [5.41, 5.74) is 0. The van der Waals surface area contributed by atoms with Gasteiger partial charge in [0, 0.05) is 13.1 Å². The number of thioether (sulfide) groups is 1. The van der Waals surface area contributed by atoms with Crippen LogP contribution in [0.2, 0.25) is 0 Å². The third kappa shape index (κ3) is 5.56. The summed E-state index contributed by atoms with van der Waals surface area (Å²) in [5.74, 6) is -0.0321. The summed E-state index contributed by atoms with van der Waals surface area (Å²) >= 11 is 1.55. The van der Waals surface area contributed by atoms with E-state index in [0.717, 1.165) is 0 Å². The van der Waals surface area contributed by atoms with Crippen molar-refractivity contribution in [2.24, 2.45) is 0 Å². The van der Waals surface area contributed by atoms with Gasteiger partial charge in [0.05, 0.1) is 0 Å². The van der Waals surface area contributed by atoms with E-state index in [1.807, 2.05) is 6.26 Å². The van der Waals surface area contributed by atoms with E-state index in [2.05, 4.69) is 5.32 Å². The Balaban J connectivity index is 3.16. The molecule has 0 fully saturated rings. The van der Waals surface area contributed by atoms with E-state index in [4.69, 9.17) is 0 Å². The van der Waals surface area contributed by atoms with Gasteiger partial charge in [-0.3, -0.25) is 4.79 Å². The molecule has 46 valence electrons. The first kappa shape index (κ1) is 7.56. The summed E-state index contributed by atoms with van der Waals surface area (Å²) in [6.45, 7) is 1.48. The average Bonchev–Trinajstić information content (AvgIpc) is 1.66. The van der Waals surface area contributed by atoms with Gasteiger partial charge >= 0.3 is 0 Å². The Morgan fingerprint density at radius 1 is 1.75 bits per heavy atom. The molecule has 0 rings (SSSR count). The fraction of sp³-hybridized carbons (Fsp3) is 0.400. The number of nitrogens with one attached hydrogen (secondary N) is 1. The van der Waals surface area contributed by atoms with Gasteiger partial charge in [-0.1, -0.05) is 0 Å². The molecule has 0 saturated heterocycles. The zero-order valence-corrected chi connectivity index (χ0v) is 5.79. The van der Waals surface area contributed by atoms with Gasteiger partial charge in [0.25, 0.3) is 0 Å². The van der Waals surface area contributed by atoms with Gasteiger partial charge in [0.1, 0.15) is 0 Å². The summed E-state index contributed by atoms with van der Waals surface area (Å²) in [4.78, 5) is 10.1. The Kier molecular flexibility index (Phi) is 4.45. The molecule has 0 radical (unpaired) electrons. The average molecular weight is 131 g/mol. The highest BCUT2D eigenvalue weighted by atomic mass is 32.2. The molecular weight excluding hydrogens is 122 g/mol. The van der Waals surface area contributed by atoms with Crippen LogP contribution in [0, 0.1) is 0 Å². The molecule has 8 heavy (non-hydrogen) atoms. The third-order valence-electron chi connectivity index (χ3n) is 0.491. The second-order valence-electron chi connectivity index (χ2n) is 1.24. The third-order valence-corrected chi connectivity index (χ3v) is 0.899. The number of rotatable bonds is 2. The number of carbonyl (C=O) groups excluding carboxylic acids is 1. The molecule has 0 unspecified atom stereocenters. The molecule has 0 aromatic carbocycles. The van der Waals surface area contributed by atoms with E-state index in [1.165, 1.54) is 6.92 Å². The van der Waals surface area contributed by atoms with E-state index in [1.54, 1.807) is 23.4 Å². The zero-order chi connectivity index (χ0) is 6.41. The van der Waals surface area contributed by atoms with Crippen LogP contribution < -0.4 is 5.32 Å². The predicted molar refractivity (Wildman–Crippen MR) is 36.5 cm³/mol. The van der Waals surface area contributed by atoms with Crippen LogP contribution in [0.4, 0.5) is 0 Å². The van der Waals surface area contributed by atoms with Crippen LogP contribution in [-0.2, 0) is 4.79 Å². The van der Waals surface area contributed by atoms with Crippen molar-refractivity contribution in [3.8, 4) is 0 Å². The molecule has 0 atom stereocenters. The fourth-order valence-electron chi connectivity index (χ4n) is 0.219. The SMILES string of the molecule is CSC=CNC(C)=O. The smallest absolute Gasteiger partial charge is 0.220 e. The zero-order valence-electron chi connectivity index (χ0n) is 4.97. The molecule has 0 aliphatic rings. The summed E-state index contributed by atoms with van der Waals surface area (Å²) in [6.07, 6.45) is 3.55. The second kappa shape index (κ2) is 4.71. The van der Waals surface area contributed by atoms with Crippen LogP contribution in [0.15, 0.2) is 11.6 Å². The van der Waals surface area contributed by atoms with Crippen LogP contribution in [0.1, 0.15) is 6.92 Å². The van der Waals surface area contributed by atoms with E-state index < -0.39 is 0 Å². The summed E-state index contributed by atoms with van der Waals surface area (Å²) < 4.78 is 0. The molecule has 3 heteroatoms. The highest BCUT2D eigenvalue weighted by Gasteiger charge is 1.78. The highest BCUT2D eigenvalue weighted by Crippen LogP contribution is 1.89. The molecule has 0 heterocycles. The molecule has 2 nitrogen and oxygen atoms in total. The van der Waals surface area contributed by atoms with Crippen molar-refractivity contribution >= 4 is 17.7 Å². The minimum absolute atomic E-state index is 0.0321. The van der Waals surface area contributed by atoms with Crippen molar-refractivity contribution in [1.29, 1.82) is 0 Å². The van der Waals surface area contributed by atoms with Gasteiger partial charge in [-0.15, -0.1) is 11.8 Å². The highest BCUT2D eigenvalue weighted by molar-refractivity contribution is 8.01. The maximum Gasteiger partial charge on any atom is 0.220 e. The van der Waals surface area contributed by atoms with Crippen molar-refractivity contribution < 1.29 is 4.79 Å². The normalized spacial score (nSPS) is 9.75. The minimum Gasteiger partial charge on any atom is -0.332 e. The van der Waals surface area contributed by atoms with E-state index >= 15 is 0 Å². The van der Waals surface area contributed by atoms with Gasteiger partial charge in [-0.05, 0) is 11.7 Å². The molecule has 1 amide bonds. The topological polar surface area (TPSA) is 29.1 Å². The van der Waals surface area contributed by atoms with E-state index in [-0.39, 0.29) is 5.91 Å². The lowest BCUT2D eigenvalue weighted by Crippen LogP contribution is -2.10. The van der Waals surface area contributed by atoms with E-state index in [9.17, 15) is 4.79 Å². The first-order valence-corrected chi connectivity index (χ1v) is 3.51. The molecule has 0 aromatic heterocycles. The quantitative estimate of drug-likeness (QED) is 0.604. The summed E-state index contributed by atoms with van der Waals surface area (Å²) in [6, 6.07) is 0. The van der Waals surface area contributed by atoms with Gasteiger partial charge in [-0.2, -0.15) is 0 Å². The van der Waals surface area contributed by atoms with Gasteiger partial charge in [0.15, 0.2) is 0 Å². The van der Waals surface area contributed by atoms with Gasteiger partial charge in [-0.25, -0.2) is 0 Å². The largest absolute Gasteiger partial charge is 0.332 e. The number of amides is 1. The lowest BCUT2D eigenvalue weighted by atomic mass is 10.7. The van der Waals surface area contributed by atoms with Crippen LogP contribution in [0.25, 0.3) is 0 Å². The first-order valence-electron chi connectivity index (χ1n) is 2.22. The Hall–Kier alpha value is -0.440. The summed E-state index contributed by atoms with van der Waals surface area (Å²) in [7, 11) is 0. The minimum atomic E-state index is -0.0321.